The molecule has 0 aromatic heterocycles. The summed E-state index contributed by atoms with van der Waals surface area (Å²) < 4.78 is 5.07. The number of ether oxygens (including phenoxy) is 1. The lowest BCUT2D eigenvalue weighted by Gasteiger charge is -2.23. The van der Waals surface area contributed by atoms with E-state index in [1.165, 1.54) is 5.56 Å². The summed E-state index contributed by atoms with van der Waals surface area (Å²) in [5.41, 5.74) is 0.554. The largest absolute Gasteiger partial charge is 0.505 e. The summed E-state index contributed by atoms with van der Waals surface area (Å²) in [5, 5.41) is 19.2. The van der Waals surface area contributed by atoms with Gasteiger partial charge in [0.25, 0.3) is 0 Å². The van der Waals surface area contributed by atoms with E-state index in [1.807, 2.05) is 24.3 Å². The van der Waals surface area contributed by atoms with Crippen molar-refractivity contribution in [2.24, 2.45) is 0 Å². The predicted molar refractivity (Wildman–Crippen MR) is 70.8 cm³/mol. The maximum Gasteiger partial charge on any atom is 0.378 e. The van der Waals surface area contributed by atoms with Gasteiger partial charge in [0.1, 0.15) is 0 Å². The first-order valence-corrected chi connectivity index (χ1v) is 6.44. The average molecular weight is 262 g/mol. The van der Waals surface area contributed by atoms with Gasteiger partial charge in [0, 0.05) is 5.56 Å². The van der Waals surface area contributed by atoms with Crippen LogP contribution in [-0.4, -0.2) is 16.2 Å². The van der Waals surface area contributed by atoms with Crippen molar-refractivity contribution in [3.8, 4) is 0 Å². The first-order valence-electron chi connectivity index (χ1n) is 6.44. The molecular formula is C15H18O4. The minimum Gasteiger partial charge on any atom is -0.505 e. The van der Waals surface area contributed by atoms with E-state index < -0.39 is 23.1 Å². The van der Waals surface area contributed by atoms with Crippen LogP contribution in [0.25, 0.3) is 0 Å². The maximum atomic E-state index is 11.3. The third-order valence-electron chi connectivity index (χ3n) is 3.49. The van der Waals surface area contributed by atoms with Gasteiger partial charge in [0.2, 0.25) is 5.76 Å². The fourth-order valence-electron chi connectivity index (χ4n) is 2.17. The number of hydrogen-bond donors (Lipinski definition) is 2. The highest BCUT2D eigenvalue weighted by molar-refractivity contribution is 5.90. The second-order valence-corrected chi connectivity index (χ2v) is 4.92. The smallest absolute Gasteiger partial charge is 0.378 e. The number of unbranched alkanes of at least 4 members (excludes halogenated alkanes) is 1. The zero-order chi connectivity index (χ0) is 14.0. The van der Waals surface area contributed by atoms with Gasteiger partial charge >= 0.3 is 5.97 Å². The van der Waals surface area contributed by atoms with Gasteiger partial charge in [-0.1, -0.05) is 37.6 Å². The Kier molecular flexibility index (Phi) is 3.51. The average Bonchev–Trinajstić information content (AvgIpc) is 2.62. The van der Waals surface area contributed by atoms with E-state index in [-0.39, 0.29) is 0 Å². The summed E-state index contributed by atoms with van der Waals surface area (Å²) in [6.45, 7) is 3.70. The number of aliphatic hydroxyl groups is 2. The van der Waals surface area contributed by atoms with Crippen LogP contribution in [0.15, 0.2) is 35.8 Å². The Hall–Kier alpha value is -1.97. The number of esters is 1. The molecule has 1 aromatic carbocycles. The molecule has 19 heavy (non-hydrogen) atoms. The second-order valence-electron chi connectivity index (χ2n) is 4.92. The van der Waals surface area contributed by atoms with E-state index >= 15 is 0 Å². The van der Waals surface area contributed by atoms with Crippen LogP contribution in [0.1, 0.15) is 37.8 Å². The number of aliphatic hydroxyl groups excluding tert-OH is 2. The first-order chi connectivity index (χ1) is 8.99. The highest BCUT2D eigenvalue weighted by Crippen LogP contribution is 2.38. The number of cyclic esters (lactones) is 1. The molecule has 0 aliphatic carbocycles. The highest BCUT2D eigenvalue weighted by atomic mass is 16.6. The van der Waals surface area contributed by atoms with Crippen LogP contribution in [0.5, 0.6) is 0 Å². The van der Waals surface area contributed by atoms with E-state index in [4.69, 9.17) is 4.74 Å². The van der Waals surface area contributed by atoms with E-state index in [0.29, 0.717) is 5.56 Å². The summed E-state index contributed by atoms with van der Waals surface area (Å²) in [6.07, 6.45) is 3.26. The van der Waals surface area contributed by atoms with Crippen molar-refractivity contribution in [1.82, 2.24) is 0 Å². The number of rotatable bonds is 4. The summed E-state index contributed by atoms with van der Waals surface area (Å²) in [4.78, 5) is 11.3. The lowest BCUT2D eigenvalue weighted by atomic mass is 9.93. The van der Waals surface area contributed by atoms with Crippen molar-refractivity contribution in [3.63, 3.8) is 0 Å². The van der Waals surface area contributed by atoms with Crippen LogP contribution < -0.4 is 0 Å². The van der Waals surface area contributed by atoms with Crippen molar-refractivity contribution < 1.29 is 19.7 Å². The molecule has 2 N–H and O–H groups in total. The summed E-state index contributed by atoms with van der Waals surface area (Å²) >= 11 is 0. The van der Waals surface area contributed by atoms with Crippen molar-refractivity contribution in [2.75, 3.05) is 0 Å². The van der Waals surface area contributed by atoms with E-state index in [1.54, 1.807) is 6.92 Å². The van der Waals surface area contributed by atoms with Gasteiger partial charge < -0.3 is 14.9 Å². The topological polar surface area (TPSA) is 66.8 Å². The molecule has 0 spiro atoms. The minimum absolute atomic E-state index is 0.432. The van der Waals surface area contributed by atoms with Crippen LogP contribution in [0.3, 0.4) is 0 Å². The lowest BCUT2D eigenvalue weighted by molar-refractivity contribution is -0.149. The number of hydrogen-bond acceptors (Lipinski definition) is 4. The molecule has 1 heterocycles. The molecule has 0 radical (unpaired) electrons. The Morgan fingerprint density at radius 2 is 1.84 bits per heavy atom. The molecule has 2 rings (SSSR count). The van der Waals surface area contributed by atoms with Gasteiger partial charge in [-0.25, -0.2) is 4.79 Å². The molecule has 0 amide bonds. The molecule has 0 fully saturated rings. The Morgan fingerprint density at radius 3 is 2.32 bits per heavy atom. The number of aryl methyl sites for hydroxylation is 1. The van der Waals surface area contributed by atoms with E-state index in [0.717, 1.165) is 19.3 Å². The summed E-state index contributed by atoms with van der Waals surface area (Å²) in [7, 11) is 0. The highest BCUT2D eigenvalue weighted by Gasteiger charge is 2.46. The van der Waals surface area contributed by atoms with Gasteiger partial charge in [-0.05, 0) is 25.3 Å². The van der Waals surface area contributed by atoms with Crippen LogP contribution in [0.2, 0.25) is 0 Å². The summed E-state index contributed by atoms with van der Waals surface area (Å²) in [6, 6.07) is 7.53. The number of carbonyl (C=O) groups is 1. The molecule has 1 atom stereocenters. The summed E-state index contributed by atoms with van der Waals surface area (Å²) in [5.74, 6) is -2.04. The molecule has 0 saturated carbocycles. The molecular weight excluding hydrogens is 244 g/mol. The Bertz CT molecular complexity index is 515. The van der Waals surface area contributed by atoms with Gasteiger partial charge in [-0.15, -0.1) is 0 Å². The molecule has 1 unspecified atom stereocenters. The van der Waals surface area contributed by atoms with Crippen LogP contribution in [0.4, 0.5) is 0 Å². The van der Waals surface area contributed by atoms with Crippen molar-refractivity contribution in [3.05, 3.63) is 46.9 Å². The second kappa shape index (κ2) is 4.96. The zero-order valence-corrected chi connectivity index (χ0v) is 11.1. The fraction of sp³-hybridized carbons (Fsp3) is 0.400. The molecule has 0 saturated heterocycles. The Balaban J connectivity index is 2.26. The predicted octanol–water partition coefficient (Wildman–Crippen LogP) is 3.13. The quantitative estimate of drug-likeness (QED) is 0.818. The van der Waals surface area contributed by atoms with Gasteiger partial charge in [0.15, 0.2) is 11.4 Å². The van der Waals surface area contributed by atoms with Crippen molar-refractivity contribution in [2.45, 2.75) is 38.7 Å². The molecule has 4 nitrogen and oxygen atoms in total. The molecule has 0 bridgehead atoms. The Labute approximate surface area is 112 Å². The van der Waals surface area contributed by atoms with E-state index in [2.05, 4.69) is 6.92 Å². The third-order valence-corrected chi connectivity index (χ3v) is 3.49. The first kappa shape index (κ1) is 13.5. The normalized spacial score (nSPS) is 22.7. The van der Waals surface area contributed by atoms with Gasteiger partial charge in [-0.3, -0.25) is 0 Å². The lowest BCUT2D eigenvalue weighted by Crippen LogP contribution is -2.25. The molecule has 4 heteroatoms. The zero-order valence-electron chi connectivity index (χ0n) is 11.1. The van der Waals surface area contributed by atoms with Crippen LogP contribution in [0, 0.1) is 0 Å². The molecule has 1 aliphatic rings. The molecule has 1 aliphatic heterocycles. The monoisotopic (exact) mass is 262 g/mol. The number of carbonyl (C=O) groups excluding carboxylic acids is 1. The van der Waals surface area contributed by atoms with Crippen molar-refractivity contribution in [1.29, 1.82) is 0 Å². The van der Waals surface area contributed by atoms with E-state index in [9.17, 15) is 15.0 Å². The van der Waals surface area contributed by atoms with Crippen LogP contribution >= 0.6 is 0 Å². The molecule has 1 aromatic rings. The van der Waals surface area contributed by atoms with Crippen LogP contribution in [-0.2, 0) is 21.6 Å². The van der Waals surface area contributed by atoms with Gasteiger partial charge in [0.05, 0.1) is 0 Å². The maximum absolute atomic E-state index is 11.3. The third kappa shape index (κ3) is 2.30. The van der Waals surface area contributed by atoms with Gasteiger partial charge in [-0.2, -0.15) is 0 Å². The van der Waals surface area contributed by atoms with Crippen molar-refractivity contribution >= 4 is 5.97 Å². The SMILES string of the molecule is CCCCc1ccc(C2(C)OC(=O)C(O)=C2O)cc1. The standard InChI is InChI=1S/C15H18O4/c1-3-4-5-10-6-8-11(9-7-10)15(2)13(17)12(16)14(18)19-15/h6-9,16-17H,3-5H2,1-2H3. The minimum atomic E-state index is -1.29. The Morgan fingerprint density at radius 1 is 1.21 bits per heavy atom. The number of benzene rings is 1. The fourth-order valence-corrected chi connectivity index (χ4v) is 2.17. The molecule has 102 valence electrons.